The first-order valence-corrected chi connectivity index (χ1v) is 6.93. The van der Waals surface area contributed by atoms with Crippen LogP contribution in [-0.4, -0.2) is 16.9 Å². The molecule has 0 aliphatic rings. The molecule has 0 atom stereocenters. The lowest BCUT2D eigenvalue weighted by molar-refractivity contribution is -0.114. The molecule has 114 valence electrons. The number of amides is 2. The second kappa shape index (κ2) is 6.49. The molecule has 0 fully saturated rings. The minimum Gasteiger partial charge on any atom is -0.507 e. The van der Waals surface area contributed by atoms with E-state index in [1.54, 1.807) is 25.1 Å². The quantitative estimate of drug-likeness (QED) is 0.809. The summed E-state index contributed by atoms with van der Waals surface area (Å²) in [7, 11) is 0. The van der Waals surface area contributed by atoms with Gasteiger partial charge in [-0.05, 0) is 42.8 Å². The van der Waals surface area contributed by atoms with Gasteiger partial charge < -0.3 is 15.7 Å². The molecule has 5 nitrogen and oxygen atoms in total. The first-order valence-electron chi connectivity index (χ1n) is 6.55. The number of carbonyl (C=O) groups is 2. The fraction of sp³-hybridized carbons (Fsp3) is 0.125. The van der Waals surface area contributed by atoms with E-state index >= 15 is 0 Å². The predicted octanol–water partition coefficient (Wildman–Crippen LogP) is 3.56. The number of rotatable bonds is 3. The van der Waals surface area contributed by atoms with Crippen molar-refractivity contribution in [2.24, 2.45) is 0 Å². The Bertz CT molecular complexity index is 744. The summed E-state index contributed by atoms with van der Waals surface area (Å²) in [6.07, 6.45) is 0. The summed E-state index contributed by atoms with van der Waals surface area (Å²) in [5, 5.41) is 15.5. The third-order valence-corrected chi connectivity index (χ3v) is 3.33. The Kier molecular flexibility index (Phi) is 4.68. The highest BCUT2D eigenvalue weighted by atomic mass is 35.5. The molecule has 0 saturated carbocycles. The molecule has 22 heavy (non-hydrogen) atoms. The highest BCUT2D eigenvalue weighted by molar-refractivity contribution is 6.31. The number of hydrogen-bond donors (Lipinski definition) is 3. The van der Waals surface area contributed by atoms with Gasteiger partial charge in [-0.3, -0.25) is 9.59 Å². The summed E-state index contributed by atoms with van der Waals surface area (Å²) < 4.78 is 0. The number of hydrogen-bond acceptors (Lipinski definition) is 3. The molecule has 0 aliphatic carbocycles. The van der Waals surface area contributed by atoms with Crippen LogP contribution in [0.4, 0.5) is 11.4 Å². The van der Waals surface area contributed by atoms with E-state index < -0.39 is 5.91 Å². The van der Waals surface area contributed by atoms with Crippen LogP contribution in [0.3, 0.4) is 0 Å². The maximum Gasteiger partial charge on any atom is 0.259 e. The van der Waals surface area contributed by atoms with Crippen LogP contribution in [-0.2, 0) is 4.79 Å². The van der Waals surface area contributed by atoms with Crippen LogP contribution in [0.2, 0.25) is 5.02 Å². The summed E-state index contributed by atoms with van der Waals surface area (Å²) in [4.78, 5) is 23.4. The number of anilines is 2. The zero-order chi connectivity index (χ0) is 16.3. The van der Waals surface area contributed by atoms with Gasteiger partial charge in [0.2, 0.25) is 5.91 Å². The van der Waals surface area contributed by atoms with E-state index in [0.29, 0.717) is 22.0 Å². The standard InChI is InChI=1S/C16H15ClN2O3/c1-9-13(18-10(2)20)4-3-5-14(9)19-16(22)12-8-11(17)6-7-15(12)21/h3-8,21H,1-2H3,(H,18,20)(H,19,22). The van der Waals surface area contributed by atoms with Crippen molar-refractivity contribution in [1.82, 2.24) is 0 Å². The molecule has 0 radical (unpaired) electrons. The average molecular weight is 319 g/mol. The van der Waals surface area contributed by atoms with Crippen molar-refractivity contribution in [2.45, 2.75) is 13.8 Å². The summed E-state index contributed by atoms with van der Waals surface area (Å²) in [6, 6.07) is 9.41. The Labute approximate surface area is 132 Å². The smallest absolute Gasteiger partial charge is 0.259 e. The van der Waals surface area contributed by atoms with Crippen molar-refractivity contribution in [3.63, 3.8) is 0 Å². The van der Waals surface area contributed by atoms with Gasteiger partial charge in [0.1, 0.15) is 5.75 Å². The summed E-state index contributed by atoms with van der Waals surface area (Å²) >= 11 is 5.84. The molecule has 0 unspecified atom stereocenters. The number of phenols is 1. The minimum absolute atomic E-state index is 0.0804. The molecule has 2 aromatic rings. The van der Waals surface area contributed by atoms with Crippen LogP contribution in [0.15, 0.2) is 36.4 Å². The molecule has 0 spiro atoms. The van der Waals surface area contributed by atoms with E-state index in [2.05, 4.69) is 10.6 Å². The van der Waals surface area contributed by atoms with Gasteiger partial charge in [-0.2, -0.15) is 0 Å². The Morgan fingerprint density at radius 2 is 1.73 bits per heavy atom. The molecular formula is C16H15ClN2O3. The fourth-order valence-corrected chi connectivity index (χ4v) is 2.15. The van der Waals surface area contributed by atoms with Crippen LogP contribution in [0.5, 0.6) is 5.75 Å². The van der Waals surface area contributed by atoms with Crippen LogP contribution in [0.1, 0.15) is 22.8 Å². The van der Waals surface area contributed by atoms with Crippen molar-refractivity contribution < 1.29 is 14.7 Å². The molecule has 3 N–H and O–H groups in total. The predicted molar refractivity (Wildman–Crippen MR) is 86.6 cm³/mol. The topological polar surface area (TPSA) is 78.4 Å². The van der Waals surface area contributed by atoms with Crippen molar-refractivity contribution in [2.75, 3.05) is 10.6 Å². The van der Waals surface area contributed by atoms with Gasteiger partial charge in [0, 0.05) is 23.3 Å². The third-order valence-electron chi connectivity index (χ3n) is 3.10. The third kappa shape index (κ3) is 3.56. The number of phenolic OH excluding ortho intramolecular Hbond substituents is 1. The molecule has 0 bridgehead atoms. The van der Waals surface area contributed by atoms with Crippen LogP contribution in [0.25, 0.3) is 0 Å². The van der Waals surface area contributed by atoms with E-state index in [1.165, 1.54) is 25.1 Å². The normalized spacial score (nSPS) is 10.1. The minimum atomic E-state index is -0.483. The van der Waals surface area contributed by atoms with Gasteiger partial charge >= 0.3 is 0 Å². The number of halogens is 1. The monoisotopic (exact) mass is 318 g/mol. The maximum absolute atomic E-state index is 12.3. The van der Waals surface area contributed by atoms with Crippen molar-refractivity contribution in [1.29, 1.82) is 0 Å². The van der Waals surface area contributed by atoms with E-state index in [4.69, 9.17) is 11.6 Å². The second-order valence-corrected chi connectivity index (χ2v) is 5.21. The van der Waals surface area contributed by atoms with Crippen molar-refractivity contribution in [3.8, 4) is 5.75 Å². The zero-order valence-corrected chi connectivity index (χ0v) is 12.9. The molecule has 0 heterocycles. The fourth-order valence-electron chi connectivity index (χ4n) is 1.98. The molecule has 2 aromatic carbocycles. The lowest BCUT2D eigenvalue weighted by atomic mass is 10.1. The largest absolute Gasteiger partial charge is 0.507 e. The summed E-state index contributed by atoms with van der Waals surface area (Å²) in [6.45, 7) is 3.19. The maximum atomic E-state index is 12.3. The second-order valence-electron chi connectivity index (χ2n) is 4.77. The number of nitrogens with one attached hydrogen (secondary N) is 2. The number of benzene rings is 2. The van der Waals surface area contributed by atoms with Crippen LogP contribution >= 0.6 is 11.6 Å². The van der Waals surface area contributed by atoms with Gasteiger partial charge in [0.25, 0.3) is 5.91 Å². The molecule has 2 rings (SSSR count). The molecule has 2 amide bonds. The highest BCUT2D eigenvalue weighted by Gasteiger charge is 2.14. The summed E-state index contributed by atoms with van der Waals surface area (Å²) in [5.41, 5.74) is 1.95. The van der Waals surface area contributed by atoms with E-state index in [0.717, 1.165) is 0 Å². The first kappa shape index (κ1) is 15.9. The van der Waals surface area contributed by atoms with Gasteiger partial charge in [-0.1, -0.05) is 17.7 Å². The number of carbonyl (C=O) groups excluding carboxylic acids is 2. The van der Waals surface area contributed by atoms with E-state index in [-0.39, 0.29) is 17.2 Å². The lowest BCUT2D eigenvalue weighted by Crippen LogP contribution is -2.14. The lowest BCUT2D eigenvalue weighted by Gasteiger charge is -2.13. The van der Waals surface area contributed by atoms with Crippen molar-refractivity contribution >= 4 is 34.8 Å². The van der Waals surface area contributed by atoms with E-state index in [1.807, 2.05) is 0 Å². The molecule has 6 heteroatoms. The van der Waals surface area contributed by atoms with Crippen molar-refractivity contribution in [3.05, 3.63) is 52.5 Å². The molecule has 0 aromatic heterocycles. The molecule has 0 saturated heterocycles. The summed E-state index contributed by atoms with van der Waals surface area (Å²) in [5.74, 6) is -0.834. The first-order chi connectivity index (χ1) is 10.4. The van der Waals surface area contributed by atoms with Gasteiger partial charge in [0.15, 0.2) is 0 Å². The molecular weight excluding hydrogens is 304 g/mol. The van der Waals surface area contributed by atoms with Crippen LogP contribution in [0, 0.1) is 6.92 Å². The highest BCUT2D eigenvalue weighted by Crippen LogP contribution is 2.26. The van der Waals surface area contributed by atoms with Gasteiger partial charge in [0.05, 0.1) is 5.56 Å². The number of aromatic hydroxyl groups is 1. The average Bonchev–Trinajstić information content (AvgIpc) is 2.45. The van der Waals surface area contributed by atoms with E-state index in [9.17, 15) is 14.7 Å². The Balaban J connectivity index is 2.29. The SMILES string of the molecule is CC(=O)Nc1cccc(NC(=O)c2cc(Cl)ccc2O)c1C. The Hall–Kier alpha value is -2.53. The Morgan fingerprint density at radius 1 is 1.09 bits per heavy atom. The van der Waals surface area contributed by atoms with Gasteiger partial charge in [-0.15, -0.1) is 0 Å². The van der Waals surface area contributed by atoms with Crippen LogP contribution < -0.4 is 10.6 Å². The Morgan fingerprint density at radius 3 is 2.36 bits per heavy atom. The zero-order valence-electron chi connectivity index (χ0n) is 12.1. The molecule has 0 aliphatic heterocycles. The van der Waals surface area contributed by atoms with Gasteiger partial charge in [-0.25, -0.2) is 0 Å².